The summed E-state index contributed by atoms with van der Waals surface area (Å²) in [5, 5.41) is 2.32. The van der Waals surface area contributed by atoms with E-state index in [9.17, 15) is 9.59 Å². The Morgan fingerprint density at radius 2 is 1.29 bits per heavy atom. The first-order chi connectivity index (χ1) is 15.1. The molecule has 31 heavy (non-hydrogen) atoms. The van der Waals surface area contributed by atoms with E-state index in [2.05, 4.69) is 57.5 Å². The molecule has 0 fully saturated rings. The summed E-state index contributed by atoms with van der Waals surface area (Å²) in [6.45, 7) is 0. The number of hydrogen-bond acceptors (Lipinski definition) is 2. The molecule has 0 saturated heterocycles. The summed E-state index contributed by atoms with van der Waals surface area (Å²) in [6.07, 6.45) is 0. The average molecular weight is 514 g/mol. The SMILES string of the molecule is O=C1c2ccc(-n3c4ccccc4c4cc(I)ccc43)cc2C(=O)N1c1ccccc1. The topological polar surface area (TPSA) is 42.3 Å². The Labute approximate surface area is 191 Å². The van der Waals surface area contributed by atoms with Crippen LogP contribution in [0.3, 0.4) is 0 Å². The number of para-hydroxylation sites is 2. The van der Waals surface area contributed by atoms with Crippen LogP contribution in [0, 0.1) is 3.57 Å². The Bertz CT molecular complexity index is 1540. The molecule has 4 nitrogen and oxygen atoms in total. The van der Waals surface area contributed by atoms with E-state index < -0.39 is 0 Å². The molecule has 1 aromatic heterocycles. The van der Waals surface area contributed by atoms with Crippen LogP contribution in [-0.4, -0.2) is 16.4 Å². The molecule has 0 N–H and O–H groups in total. The van der Waals surface area contributed by atoms with Crippen molar-refractivity contribution < 1.29 is 9.59 Å². The van der Waals surface area contributed by atoms with Crippen LogP contribution in [0.1, 0.15) is 20.7 Å². The van der Waals surface area contributed by atoms with Crippen molar-refractivity contribution in [1.82, 2.24) is 4.57 Å². The first-order valence-corrected chi connectivity index (χ1v) is 11.0. The van der Waals surface area contributed by atoms with Gasteiger partial charge in [-0.25, -0.2) is 4.90 Å². The first-order valence-electron chi connectivity index (χ1n) is 9.90. The van der Waals surface area contributed by atoms with Gasteiger partial charge in [-0.15, -0.1) is 0 Å². The fourth-order valence-electron chi connectivity index (χ4n) is 4.40. The number of carbonyl (C=O) groups is 2. The molecule has 4 aromatic carbocycles. The van der Waals surface area contributed by atoms with Gasteiger partial charge in [0.15, 0.2) is 0 Å². The molecule has 1 aliphatic rings. The van der Waals surface area contributed by atoms with Gasteiger partial charge in [0.1, 0.15) is 0 Å². The molecule has 5 aromatic rings. The first kappa shape index (κ1) is 18.3. The van der Waals surface area contributed by atoms with Crippen molar-refractivity contribution in [2.75, 3.05) is 4.90 Å². The number of benzene rings is 4. The molecule has 6 rings (SSSR count). The lowest BCUT2D eigenvalue weighted by molar-refractivity contribution is 0.0926. The number of nitrogens with zero attached hydrogens (tertiary/aromatic N) is 2. The lowest BCUT2D eigenvalue weighted by atomic mass is 10.1. The van der Waals surface area contributed by atoms with Crippen LogP contribution in [0.4, 0.5) is 5.69 Å². The van der Waals surface area contributed by atoms with Crippen LogP contribution in [0.25, 0.3) is 27.5 Å². The molecule has 0 unspecified atom stereocenters. The molecule has 0 aliphatic carbocycles. The van der Waals surface area contributed by atoms with Gasteiger partial charge in [-0.05, 0) is 77.2 Å². The highest BCUT2D eigenvalue weighted by molar-refractivity contribution is 14.1. The van der Waals surface area contributed by atoms with Crippen LogP contribution in [-0.2, 0) is 0 Å². The van der Waals surface area contributed by atoms with Gasteiger partial charge in [-0.2, -0.15) is 0 Å². The summed E-state index contributed by atoms with van der Waals surface area (Å²) in [6, 6.07) is 29.2. The predicted octanol–water partition coefficient (Wildman–Crippen LogP) is 6.19. The Balaban J connectivity index is 1.57. The summed E-state index contributed by atoms with van der Waals surface area (Å²) in [7, 11) is 0. The third-order valence-corrected chi connectivity index (χ3v) is 6.45. The second kappa shape index (κ2) is 6.78. The van der Waals surface area contributed by atoms with E-state index in [4.69, 9.17) is 0 Å². The molecule has 5 heteroatoms. The standard InChI is InChI=1S/C26H15IN2O2/c27-16-10-13-24-21(14-16)19-8-4-5-9-23(19)28(24)18-11-12-20-22(15-18)26(31)29(25(20)30)17-6-2-1-3-7-17/h1-15H. The Kier molecular flexibility index (Phi) is 4.01. The minimum atomic E-state index is -0.289. The minimum absolute atomic E-state index is 0.283. The molecular weight excluding hydrogens is 499 g/mol. The van der Waals surface area contributed by atoms with Crippen molar-refractivity contribution in [3.05, 3.63) is 106 Å². The number of imide groups is 1. The molecule has 0 atom stereocenters. The number of fused-ring (bicyclic) bond motifs is 4. The fraction of sp³-hybridized carbons (Fsp3) is 0. The third kappa shape index (κ3) is 2.66. The largest absolute Gasteiger partial charge is 0.309 e. The van der Waals surface area contributed by atoms with E-state index in [1.807, 2.05) is 42.5 Å². The number of hydrogen-bond donors (Lipinski definition) is 0. The van der Waals surface area contributed by atoms with E-state index in [0.29, 0.717) is 16.8 Å². The average Bonchev–Trinajstić information content (AvgIpc) is 3.25. The molecule has 0 bridgehead atoms. The van der Waals surface area contributed by atoms with Crippen molar-refractivity contribution in [3.8, 4) is 5.69 Å². The van der Waals surface area contributed by atoms with E-state index in [1.165, 1.54) is 8.47 Å². The fourth-order valence-corrected chi connectivity index (χ4v) is 4.89. The van der Waals surface area contributed by atoms with Gasteiger partial charge in [0.25, 0.3) is 11.8 Å². The van der Waals surface area contributed by atoms with Gasteiger partial charge in [-0.1, -0.05) is 36.4 Å². The molecule has 148 valence electrons. The smallest absolute Gasteiger partial charge is 0.266 e. The van der Waals surface area contributed by atoms with Gasteiger partial charge in [0, 0.05) is 20.0 Å². The number of rotatable bonds is 2. The van der Waals surface area contributed by atoms with Gasteiger partial charge in [0.05, 0.1) is 27.8 Å². The zero-order chi connectivity index (χ0) is 21.1. The van der Waals surface area contributed by atoms with Crippen LogP contribution in [0.15, 0.2) is 91.0 Å². The summed E-state index contributed by atoms with van der Waals surface area (Å²) in [5.74, 6) is -0.571. The van der Waals surface area contributed by atoms with E-state index in [-0.39, 0.29) is 11.8 Å². The maximum atomic E-state index is 13.2. The van der Waals surface area contributed by atoms with E-state index >= 15 is 0 Å². The van der Waals surface area contributed by atoms with Crippen molar-refractivity contribution in [3.63, 3.8) is 0 Å². The summed E-state index contributed by atoms with van der Waals surface area (Å²) in [4.78, 5) is 27.4. The van der Waals surface area contributed by atoms with Crippen molar-refractivity contribution >= 4 is 61.9 Å². The molecular formula is C26H15IN2O2. The van der Waals surface area contributed by atoms with Crippen molar-refractivity contribution in [1.29, 1.82) is 0 Å². The summed E-state index contributed by atoms with van der Waals surface area (Å²) in [5.41, 5.74) is 4.45. The van der Waals surface area contributed by atoms with Gasteiger partial charge in [-0.3, -0.25) is 9.59 Å². The molecule has 2 amide bonds. The molecule has 2 heterocycles. The monoisotopic (exact) mass is 514 g/mol. The Morgan fingerprint density at radius 1 is 0.581 bits per heavy atom. The maximum absolute atomic E-state index is 13.2. The maximum Gasteiger partial charge on any atom is 0.266 e. The number of amides is 2. The Morgan fingerprint density at radius 3 is 2.13 bits per heavy atom. The highest BCUT2D eigenvalue weighted by Gasteiger charge is 2.37. The van der Waals surface area contributed by atoms with Gasteiger partial charge >= 0.3 is 0 Å². The normalized spacial score (nSPS) is 13.4. The van der Waals surface area contributed by atoms with Crippen molar-refractivity contribution in [2.24, 2.45) is 0 Å². The van der Waals surface area contributed by atoms with Crippen LogP contribution < -0.4 is 4.90 Å². The minimum Gasteiger partial charge on any atom is -0.309 e. The molecule has 0 spiro atoms. The summed E-state index contributed by atoms with van der Waals surface area (Å²) >= 11 is 2.32. The Hall–Kier alpha value is -3.45. The molecule has 0 radical (unpaired) electrons. The highest BCUT2D eigenvalue weighted by atomic mass is 127. The number of anilines is 1. The molecule has 0 saturated carbocycles. The quantitative estimate of drug-likeness (QED) is 0.208. The van der Waals surface area contributed by atoms with Crippen LogP contribution in [0.2, 0.25) is 0 Å². The number of aromatic nitrogens is 1. The zero-order valence-electron chi connectivity index (χ0n) is 16.2. The van der Waals surface area contributed by atoms with E-state index in [0.717, 1.165) is 27.5 Å². The third-order valence-electron chi connectivity index (χ3n) is 5.78. The predicted molar refractivity (Wildman–Crippen MR) is 131 cm³/mol. The van der Waals surface area contributed by atoms with Gasteiger partial charge in [0.2, 0.25) is 0 Å². The lowest BCUT2D eigenvalue weighted by Crippen LogP contribution is -2.29. The lowest BCUT2D eigenvalue weighted by Gasteiger charge is -2.13. The van der Waals surface area contributed by atoms with Gasteiger partial charge < -0.3 is 4.57 Å². The van der Waals surface area contributed by atoms with Crippen molar-refractivity contribution in [2.45, 2.75) is 0 Å². The molecule has 1 aliphatic heterocycles. The van der Waals surface area contributed by atoms with Crippen LogP contribution >= 0.6 is 22.6 Å². The second-order valence-corrected chi connectivity index (χ2v) is 8.77. The highest BCUT2D eigenvalue weighted by Crippen LogP contribution is 2.35. The summed E-state index contributed by atoms with van der Waals surface area (Å²) < 4.78 is 3.32. The van der Waals surface area contributed by atoms with E-state index in [1.54, 1.807) is 18.2 Å². The van der Waals surface area contributed by atoms with Crippen LogP contribution in [0.5, 0.6) is 0 Å². The number of carbonyl (C=O) groups excluding carboxylic acids is 2. The second-order valence-electron chi connectivity index (χ2n) is 7.53. The number of halogens is 1. The zero-order valence-corrected chi connectivity index (χ0v) is 18.4.